The summed E-state index contributed by atoms with van der Waals surface area (Å²) in [5.41, 5.74) is 7.07. The second-order valence-corrected chi connectivity index (χ2v) is 9.37. The van der Waals surface area contributed by atoms with Gasteiger partial charge in [-0.1, -0.05) is 0 Å². The third-order valence-corrected chi connectivity index (χ3v) is 6.93. The van der Waals surface area contributed by atoms with Crippen LogP contribution in [0, 0.1) is 0 Å². The number of likely N-dealkylation sites (N-methyl/N-ethyl adjacent to an activating group) is 1. The van der Waals surface area contributed by atoms with Gasteiger partial charge in [-0.05, 0) is 7.05 Å². The SMILES string of the molecule is CN1CCN(C(=O)N(C)[C@H]2C[C@H](Oc3cc(-c4cnc(N)nc4)nc(N4CCOCC4)n3)C2)CC1. The monoisotopic (exact) mass is 483 g/mol. The van der Waals surface area contributed by atoms with Gasteiger partial charge in [0.2, 0.25) is 17.8 Å². The zero-order valence-corrected chi connectivity index (χ0v) is 20.3. The van der Waals surface area contributed by atoms with Crippen molar-refractivity contribution in [2.24, 2.45) is 0 Å². The van der Waals surface area contributed by atoms with Crippen molar-refractivity contribution in [3.63, 3.8) is 0 Å². The maximum Gasteiger partial charge on any atom is 0.320 e. The highest BCUT2D eigenvalue weighted by atomic mass is 16.5. The number of amides is 2. The average Bonchev–Trinajstić information content (AvgIpc) is 2.86. The number of urea groups is 1. The van der Waals surface area contributed by atoms with E-state index in [1.54, 1.807) is 12.4 Å². The normalized spacial score (nSPS) is 23.0. The maximum absolute atomic E-state index is 12.9. The molecule has 35 heavy (non-hydrogen) atoms. The van der Waals surface area contributed by atoms with Gasteiger partial charge in [-0.2, -0.15) is 4.98 Å². The molecule has 1 aliphatic carbocycles. The third kappa shape index (κ3) is 5.38. The van der Waals surface area contributed by atoms with Crippen molar-refractivity contribution in [1.29, 1.82) is 0 Å². The summed E-state index contributed by atoms with van der Waals surface area (Å²) < 4.78 is 11.7. The predicted octanol–water partition coefficient (Wildman–Crippen LogP) is 0.561. The number of ether oxygens (including phenoxy) is 2. The van der Waals surface area contributed by atoms with E-state index >= 15 is 0 Å². The summed E-state index contributed by atoms with van der Waals surface area (Å²) in [7, 11) is 3.98. The molecule has 4 heterocycles. The lowest BCUT2D eigenvalue weighted by molar-refractivity contribution is 0.0295. The minimum absolute atomic E-state index is 0.00861. The molecule has 12 nitrogen and oxygen atoms in total. The molecule has 0 atom stereocenters. The van der Waals surface area contributed by atoms with Crippen molar-refractivity contribution in [1.82, 2.24) is 34.6 Å². The van der Waals surface area contributed by atoms with Crippen molar-refractivity contribution in [2.45, 2.75) is 25.0 Å². The number of hydrogen-bond donors (Lipinski definition) is 1. The Labute approximate surface area is 205 Å². The van der Waals surface area contributed by atoms with E-state index in [9.17, 15) is 4.79 Å². The second-order valence-electron chi connectivity index (χ2n) is 9.37. The molecule has 3 aliphatic rings. The Morgan fingerprint density at radius 3 is 2.46 bits per heavy atom. The quantitative estimate of drug-likeness (QED) is 0.645. The van der Waals surface area contributed by atoms with Crippen molar-refractivity contribution in [3.05, 3.63) is 18.5 Å². The van der Waals surface area contributed by atoms with Crippen molar-refractivity contribution < 1.29 is 14.3 Å². The summed E-state index contributed by atoms with van der Waals surface area (Å²) in [6, 6.07) is 2.08. The van der Waals surface area contributed by atoms with Crippen molar-refractivity contribution in [2.75, 3.05) is 77.2 Å². The van der Waals surface area contributed by atoms with Gasteiger partial charge in [-0.15, -0.1) is 0 Å². The Bertz CT molecular complexity index is 1020. The van der Waals surface area contributed by atoms with Crippen LogP contribution in [0.2, 0.25) is 0 Å². The van der Waals surface area contributed by atoms with Crippen LogP contribution >= 0.6 is 0 Å². The summed E-state index contributed by atoms with van der Waals surface area (Å²) in [4.78, 5) is 38.6. The fourth-order valence-electron chi connectivity index (χ4n) is 4.49. The van der Waals surface area contributed by atoms with E-state index < -0.39 is 0 Å². The molecule has 2 aliphatic heterocycles. The minimum atomic E-state index is -0.00861. The number of nitrogen functional groups attached to an aromatic ring is 1. The molecule has 5 rings (SSSR count). The van der Waals surface area contributed by atoms with Gasteiger partial charge >= 0.3 is 6.03 Å². The van der Waals surface area contributed by atoms with Crippen molar-refractivity contribution >= 4 is 17.9 Å². The first kappa shape index (κ1) is 23.5. The molecular formula is C23H33N9O3. The van der Waals surface area contributed by atoms with E-state index in [0.29, 0.717) is 43.8 Å². The lowest BCUT2D eigenvalue weighted by Crippen LogP contribution is -2.56. The summed E-state index contributed by atoms with van der Waals surface area (Å²) in [5, 5.41) is 0. The smallest absolute Gasteiger partial charge is 0.320 e. The van der Waals surface area contributed by atoms with E-state index in [1.807, 2.05) is 22.9 Å². The first-order chi connectivity index (χ1) is 17.0. The molecule has 0 bridgehead atoms. The third-order valence-electron chi connectivity index (χ3n) is 6.93. The first-order valence-corrected chi connectivity index (χ1v) is 12.1. The number of nitrogens with zero attached hydrogens (tertiary/aromatic N) is 8. The van der Waals surface area contributed by atoms with Gasteiger partial charge < -0.3 is 34.8 Å². The molecule has 2 saturated heterocycles. The highest BCUT2D eigenvalue weighted by molar-refractivity contribution is 5.74. The Kier molecular flexibility index (Phi) is 6.82. The molecule has 2 aromatic heterocycles. The van der Waals surface area contributed by atoms with Gasteiger partial charge in [0, 0.05) is 89.2 Å². The minimum Gasteiger partial charge on any atom is -0.474 e. The van der Waals surface area contributed by atoms with Crippen LogP contribution in [0.1, 0.15) is 12.8 Å². The maximum atomic E-state index is 12.9. The fourth-order valence-corrected chi connectivity index (χ4v) is 4.49. The number of nitrogens with two attached hydrogens (primary N) is 1. The van der Waals surface area contributed by atoms with Crippen LogP contribution in [-0.4, -0.2) is 119 Å². The van der Waals surface area contributed by atoms with E-state index in [2.05, 4.69) is 31.8 Å². The molecule has 0 unspecified atom stereocenters. The van der Waals surface area contributed by atoms with E-state index in [1.165, 1.54) is 0 Å². The number of carbonyl (C=O) groups excluding carboxylic acids is 1. The molecule has 3 fully saturated rings. The Balaban J connectivity index is 1.25. The van der Waals surface area contributed by atoms with E-state index in [-0.39, 0.29) is 24.1 Å². The van der Waals surface area contributed by atoms with Crippen LogP contribution in [0.3, 0.4) is 0 Å². The number of morpholine rings is 1. The van der Waals surface area contributed by atoms with Gasteiger partial charge in [0.05, 0.1) is 18.9 Å². The van der Waals surface area contributed by atoms with E-state index in [4.69, 9.17) is 20.2 Å². The molecule has 2 amide bonds. The number of rotatable bonds is 5. The number of anilines is 2. The topological polar surface area (TPSA) is 126 Å². The summed E-state index contributed by atoms with van der Waals surface area (Å²) in [6.45, 7) is 6.06. The van der Waals surface area contributed by atoms with Gasteiger partial charge in [0.25, 0.3) is 0 Å². The van der Waals surface area contributed by atoms with Crippen LogP contribution in [0.15, 0.2) is 18.5 Å². The van der Waals surface area contributed by atoms with Gasteiger partial charge in [0.1, 0.15) is 6.10 Å². The van der Waals surface area contributed by atoms with E-state index in [0.717, 1.165) is 44.6 Å². The van der Waals surface area contributed by atoms with Crippen LogP contribution in [0.5, 0.6) is 5.88 Å². The molecule has 0 spiro atoms. The Morgan fingerprint density at radius 2 is 1.77 bits per heavy atom. The zero-order valence-electron chi connectivity index (χ0n) is 20.3. The van der Waals surface area contributed by atoms with Gasteiger partial charge in [-0.3, -0.25) is 0 Å². The largest absolute Gasteiger partial charge is 0.474 e. The number of piperazine rings is 1. The predicted molar refractivity (Wildman–Crippen MR) is 130 cm³/mol. The number of aromatic nitrogens is 4. The molecule has 1 saturated carbocycles. The molecule has 2 aromatic rings. The lowest BCUT2D eigenvalue weighted by atomic mass is 9.88. The highest BCUT2D eigenvalue weighted by Crippen LogP contribution is 2.31. The molecular weight excluding hydrogens is 450 g/mol. The molecule has 0 aromatic carbocycles. The standard InChI is InChI=1S/C23H33N9O3/c1-29-3-5-32(6-4-29)23(33)30(2)17-11-18(12-17)35-20-13-19(16-14-25-21(24)26-15-16)27-22(28-20)31-7-9-34-10-8-31/h13-15,17-18H,3-12H2,1-2H3,(H2,24,25,26)/t17-,18-. The lowest BCUT2D eigenvalue weighted by Gasteiger charge is -2.43. The number of carbonyl (C=O) groups is 1. The van der Waals surface area contributed by atoms with Gasteiger partial charge in [-0.25, -0.2) is 19.7 Å². The van der Waals surface area contributed by atoms with Crippen LogP contribution in [-0.2, 0) is 4.74 Å². The average molecular weight is 484 g/mol. The molecule has 0 radical (unpaired) electrons. The number of hydrogen-bond acceptors (Lipinski definition) is 10. The van der Waals surface area contributed by atoms with Gasteiger partial charge in [0.15, 0.2) is 0 Å². The first-order valence-electron chi connectivity index (χ1n) is 12.1. The zero-order chi connectivity index (χ0) is 24.4. The fraction of sp³-hybridized carbons (Fsp3) is 0.609. The highest BCUT2D eigenvalue weighted by Gasteiger charge is 2.38. The van der Waals surface area contributed by atoms with Crippen molar-refractivity contribution in [3.8, 4) is 17.1 Å². The summed E-state index contributed by atoms with van der Waals surface area (Å²) in [6.07, 6.45) is 4.83. The molecule has 12 heteroatoms. The Hall–Kier alpha value is -3.25. The molecule has 188 valence electrons. The Morgan fingerprint density at radius 1 is 1.09 bits per heavy atom. The molecule has 2 N–H and O–H groups in total. The summed E-state index contributed by atoms with van der Waals surface area (Å²) >= 11 is 0. The van der Waals surface area contributed by atoms with Crippen LogP contribution in [0.25, 0.3) is 11.3 Å². The second kappa shape index (κ2) is 10.2. The van der Waals surface area contributed by atoms with Crippen LogP contribution in [0.4, 0.5) is 16.7 Å². The van der Waals surface area contributed by atoms with Crippen LogP contribution < -0.4 is 15.4 Å². The summed E-state index contributed by atoms with van der Waals surface area (Å²) in [5.74, 6) is 1.31.